The van der Waals surface area contributed by atoms with E-state index in [0.717, 1.165) is 0 Å². The minimum Gasteiger partial charge on any atom is -0.481 e. The molecule has 0 unspecified atom stereocenters. The number of carbonyl (C=O) groups is 1. The van der Waals surface area contributed by atoms with Crippen LogP contribution in [0.4, 0.5) is 15.8 Å². The maximum absolute atomic E-state index is 13.7. The molecule has 0 aliphatic rings. The number of amides is 1. The van der Waals surface area contributed by atoms with Crippen molar-refractivity contribution in [1.82, 2.24) is 0 Å². The number of hydrogen-bond acceptors (Lipinski definition) is 3. The van der Waals surface area contributed by atoms with Gasteiger partial charge in [-0.2, -0.15) is 0 Å². The van der Waals surface area contributed by atoms with E-state index < -0.39 is 11.7 Å². The van der Waals surface area contributed by atoms with Crippen LogP contribution in [0.3, 0.4) is 0 Å². The average molecular weight is 274 g/mol. The summed E-state index contributed by atoms with van der Waals surface area (Å²) in [5.41, 5.74) is 7.14. The van der Waals surface area contributed by atoms with Crippen LogP contribution in [0.25, 0.3) is 0 Å². The summed E-state index contributed by atoms with van der Waals surface area (Å²) in [7, 11) is 0. The molecule has 1 amide bonds. The predicted octanol–water partition coefficient (Wildman–Crippen LogP) is 2.73. The number of nitrogens with two attached hydrogens (primary N) is 1. The van der Waals surface area contributed by atoms with Crippen LogP contribution in [0.5, 0.6) is 5.75 Å². The fraction of sp³-hybridized carbons (Fsp3) is 0.133. The Hall–Kier alpha value is -2.56. The van der Waals surface area contributed by atoms with Gasteiger partial charge in [-0.15, -0.1) is 0 Å². The van der Waals surface area contributed by atoms with Gasteiger partial charge in [0.15, 0.2) is 18.2 Å². The molecule has 104 valence electrons. The van der Waals surface area contributed by atoms with Crippen LogP contribution in [0.1, 0.15) is 5.56 Å². The molecule has 0 saturated heterocycles. The first-order chi connectivity index (χ1) is 9.58. The standard InChI is InChI=1S/C15H15FN2O2/c1-10-5-4-8-13(15(10)16)20-9-14(19)18-12-7-3-2-6-11(12)17/h2-8H,9,17H2,1H3,(H,18,19). The molecule has 0 spiro atoms. The third kappa shape index (κ3) is 3.26. The van der Waals surface area contributed by atoms with Crippen molar-refractivity contribution in [2.45, 2.75) is 6.92 Å². The van der Waals surface area contributed by atoms with Crippen molar-refractivity contribution in [3.63, 3.8) is 0 Å². The molecule has 0 bridgehead atoms. The van der Waals surface area contributed by atoms with Gasteiger partial charge in [-0.1, -0.05) is 24.3 Å². The molecule has 0 atom stereocenters. The van der Waals surface area contributed by atoms with Crippen LogP contribution in [0.2, 0.25) is 0 Å². The number of anilines is 2. The van der Waals surface area contributed by atoms with Crippen molar-refractivity contribution in [1.29, 1.82) is 0 Å². The zero-order chi connectivity index (χ0) is 14.5. The lowest BCUT2D eigenvalue weighted by Crippen LogP contribution is -2.21. The van der Waals surface area contributed by atoms with Crippen LogP contribution in [-0.4, -0.2) is 12.5 Å². The smallest absolute Gasteiger partial charge is 0.262 e. The molecule has 5 heteroatoms. The van der Waals surface area contributed by atoms with E-state index in [1.54, 1.807) is 43.3 Å². The van der Waals surface area contributed by atoms with Gasteiger partial charge in [0.05, 0.1) is 11.4 Å². The molecule has 20 heavy (non-hydrogen) atoms. The van der Waals surface area contributed by atoms with Gasteiger partial charge < -0.3 is 15.8 Å². The number of hydrogen-bond donors (Lipinski definition) is 2. The van der Waals surface area contributed by atoms with Crippen LogP contribution in [0, 0.1) is 12.7 Å². The average Bonchev–Trinajstić information content (AvgIpc) is 2.43. The Kier molecular flexibility index (Phi) is 4.20. The number of ether oxygens (including phenoxy) is 1. The van der Waals surface area contributed by atoms with E-state index in [2.05, 4.69) is 5.32 Å². The van der Waals surface area contributed by atoms with E-state index in [4.69, 9.17) is 10.5 Å². The van der Waals surface area contributed by atoms with E-state index >= 15 is 0 Å². The van der Waals surface area contributed by atoms with Gasteiger partial charge in [0.1, 0.15) is 0 Å². The third-order valence-corrected chi connectivity index (χ3v) is 2.75. The number of halogens is 1. The Morgan fingerprint density at radius 2 is 2.00 bits per heavy atom. The second-order valence-corrected chi connectivity index (χ2v) is 4.31. The van der Waals surface area contributed by atoms with Crippen LogP contribution in [-0.2, 0) is 4.79 Å². The topological polar surface area (TPSA) is 64.3 Å². The summed E-state index contributed by atoms with van der Waals surface area (Å²) in [6.07, 6.45) is 0. The first kappa shape index (κ1) is 13.9. The minimum absolute atomic E-state index is 0.0567. The molecule has 0 aliphatic carbocycles. The van der Waals surface area contributed by atoms with Gasteiger partial charge in [-0.25, -0.2) is 4.39 Å². The van der Waals surface area contributed by atoms with E-state index in [1.807, 2.05) is 0 Å². The lowest BCUT2D eigenvalue weighted by molar-refractivity contribution is -0.118. The van der Waals surface area contributed by atoms with Gasteiger partial charge in [0, 0.05) is 0 Å². The van der Waals surface area contributed by atoms with Crippen LogP contribution >= 0.6 is 0 Å². The largest absolute Gasteiger partial charge is 0.481 e. The summed E-state index contributed by atoms with van der Waals surface area (Å²) in [6.45, 7) is 1.35. The van der Waals surface area contributed by atoms with Gasteiger partial charge in [-0.3, -0.25) is 4.79 Å². The Balaban J connectivity index is 1.96. The van der Waals surface area contributed by atoms with E-state index in [0.29, 0.717) is 16.9 Å². The van der Waals surface area contributed by atoms with Gasteiger partial charge >= 0.3 is 0 Å². The number of nitrogen functional groups attached to an aromatic ring is 1. The number of para-hydroxylation sites is 2. The molecule has 3 N–H and O–H groups in total. The van der Waals surface area contributed by atoms with Crippen molar-refractivity contribution in [3.8, 4) is 5.75 Å². The molecular weight excluding hydrogens is 259 g/mol. The lowest BCUT2D eigenvalue weighted by Gasteiger charge is -2.10. The second-order valence-electron chi connectivity index (χ2n) is 4.31. The molecule has 0 fully saturated rings. The van der Waals surface area contributed by atoms with Crippen molar-refractivity contribution < 1.29 is 13.9 Å². The summed E-state index contributed by atoms with van der Waals surface area (Å²) in [6, 6.07) is 11.7. The highest BCUT2D eigenvalue weighted by molar-refractivity contribution is 5.94. The van der Waals surface area contributed by atoms with E-state index in [9.17, 15) is 9.18 Å². The Labute approximate surface area is 116 Å². The summed E-state index contributed by atoms with van der Waals surface area (Å²) in [5, 5.41) is 2.60. The fourth-order valence-electron chi connectivity index (χ4n) is 1.67. The molecule has 2 rings (SSSR count). The third-order valence-electron chi connectivity index (χ3n) is 2.75. The lowest BCUT2D eigenvalue weighted by atomic mass is 10.2. The quantitative estimate of drug-likeness (QED) is 0.842. The van der Waals surface area contributed by atoms with Gasteiger partial charge in [-0.05, 0) is 30.7 Å². The van der Waals surface area contributed by atoms with Crippen LogP contribution < -0.4 is 15.8 Å². The summed E-state index contributed by atoms with van der Waals surface area (Å²) < 4.78 is 18.8. The monoisotopic (exact) mass is 274 g/mol. The number of carbonyl (C=O) groups excluding carboxylic acids is 1. The molecule has 0 radical (unpaired) electrons. The molecule has 2 aromatic carbocycles. The molecule has 2 aromatic rings. The fourth-order valence-corrected chi connectivity index (χ4v) is 1.67. The van der Waals surface area contributed by atoms with Gasteiger partial charge in [0.25, 0.3) is 5.91 Å². The van der Waals surface area contributed by atoms with Crippen molar-refractivity contribution >= 4 is 17.3 Å². The zero-order valence-corrected chi connectivity index (χ0v) is 11.0. The first-order valence-corrected chi connectivity index (χ1v) is 6.10. The maximum Gasteiger partial charge on any atom is 0.262 e. The first-order valence-electron chi connectivity index (χ1n) is 6.10. The zero-order valence-electron chi connectivity index (χ0n) is 11.0. The summed E-state index contributed by atoms with van der Waals surface area (Å²) in [4.78, 5) is 11.7. The Morgan fingerprint density at radius 1 is 1.25 bits per heavy atom. The predicted molar refractivity (Wildman–Crippen MR) is 76.1 cm³/mol. The number of nitrogens with one attached hydrogen (secondary N) is 1. The number of benzene rings is 2. The van der Waals surface area contributed by atoms with E-state index in [1.165, 1.54) is 6.07 Å². The molecule has 0 heterocycles. The Bertz CT molecular complexity index is 629. The van der Waals surface area contributed by atoms with Crippen molar-refractivity contribution in [3.05, 3.63) is 53.8 Å². The van der Waals surface area contributed by atoms with E-state index in [-0.39, 0.29) is 12.4 Å². The van der Waals surface area contributed by atoms with Crippen LogP contribution in [0.15, 0.2) is 42.5 Å². The molecule has 0 aromatic heterocycles. The molecule has 0 saturated carbocycles. The normalized spacial score (nSPS) is 10.1. The number of rotatable bonds is 4. The highest BCUT2D eigenvalue weighted by Gasteiger charge is 2.09. The minimum atomic E-state index is -0.459. The molecule has 4 nitrogen and oxygen atoms in total. The molecule has 0 aliphatic heterocycles. The maximum atomic E-state index is 13.7. The SMILES string of the molecule is Cc1cccc(OCC(=O)Nc2ccccc2N)c1F. The summed E-state index contributed by atoms with van der Waals surface area (Å²) >= 11 is 0. The van der Waals surface area contributed by atoms with Gasteiger partial charge in [0.2, 0.25) is 0 Å². The Morgan fingerprint density at radius 3 is 2.75 bits per heavy atom. The van der Waals surface area contributed by atoms with Crippen molar-refractivity contribution in [2.75, 3.05) is 17.7 Å². The summed E-state index contributed by atoms with van der Waals surface area (Å²) in [5.74, 6) is -0.801. The highest BCUT2D eigenvalue weighted by atomic mass is 19.1. The number of aryl methyl sites for hydroxylation is 1. The highest BCUT2D eigenvalue weighted by Crippen LogP contribution is 2.20. The second kappa shape index (κ2) is 6.06. The van der Waals surface area contributed by atoms with Crippen molar-refractivity contribution in [2.24, 2.45) is 0 Å². The molecular formula is C15H15FN2O2.